The molecule has 2 aliphatic carbocycles. The summed E-state index contributed by atoms with van der Waals surface area (Å²) < 4.78 is 3.48. The zero-order valence-corrected chi connectivity index (χ0v) is 13.2. The van der Waals surface area contributed by atoms with Crippen LogP contribution in [0.1, 0.15) is 50.3 Å². The van der Waals surface area contributed by atoms with E-state index in [2.05, 4.69) is 52.8 Å². The summed E-state index contributed by atoms with van der Waals surface area (Å²) in [4.78, 5) is 0. The molecule has 0 saturated carbocycles. The van der Waals surface area contributed by atoms with E-state index in [1.165, 1.54) is 12.8 Å². The first-order valence-corrected chi connectivity index (χ1v) is 8.09. The van der Waals surface area contributed by atoms with Gasteiger partial charge in [0.05, 0.1) is 0 Å². The van der Waals surface area contributed by atoms with E-state index in [4.69, 9.17) is 0 Å². The van der Waals surface area contributed by atoms with Crippen LogP contribution in [-0.4, -0.2) is 0 Å². The van der Waals surface area contributed by atoms with Crippen molar-refractivity contribution in [3.8, 4) is 0 Å². The molecule has 0 aromatic rings. The molecule has 0 N–H and O–H groups in total. The Labute approximate surface area is 117 Å². The summed E-state index contributed by atoms with van der Waals surface area (Å²) in [6.45, 7) is 11.8. The Kier molecular flexibility index (Phi) is 3.66. The average Bonchev–Trinajstić information content (AvgIpc) is 2.89. The van der Waals surface area contributed by atoms with Crippen molar-refractivity contribution in [2.75, 3.05) is 0 Å². The molecule has 1 heteroatoms. The molecule has 17 heavy (non-hydrogen) atoms. The summed E-state index contributed by atoms with van der Waals surface area (Å²) in [6.07, 6.45) is 9.31. The molecule has 2 rings (SSSR count). The summed E-state index contributed by atoms with van der Waals surface area (Å²) in [5.41, 5.74) is 5.12. The van der Waals surface area contributed by atoms with E-state index < -0.39 is 0 Å². The van der Waals surface area contributed by atoms with Crippen LogP contribution in [0.25, 0.3) is 0 Å². The molecular weight excluding hydrogens is 240 g/mol. The third kappa shape index (κ3) is 2.06. The van der Waals surface area contributed by atoms with Crippen molar-refractivity contribution in [3.05, 3.63) is 42.7 Å². The van der Waals surface area contributed by atoms with Crippen LogP contribution in [-0.2, 0) is 19.2 Å². The van der Waals surface area contributed by atoms with Crippen LogP contribution in [0.15, 0.2) is 42.7 Å². The molecular formula is C16H24Ti. The van der Waals surface area contributed by atoms with Crippen LogP contribution in [0.2, 0.25) is 0 Å². The molecule has 1 atom stereocenters. The number of hydrogen-bond acceptors (Lipinski definition) is 0. The van der Waals surface area contributed by atoms with E-state index in [-0.39, 0.29) is 22.0 Å². The fourth-order valence-electron chi connectivity index (χ4n) is 2.86. The average molecular weight is 264 g/mol. The second-order valence-electron chi connectivity index (χ2n) is 5.38. The Bertz CT molecular complexity index is 469. The Hall–Kier alpha value is -0.326. The Balaban J connectivity index is 0.00000162. The fourth-order valence-corrected chi connectivity index (χ4v) is 5.57. The van der Waals surface area contributed by atoms with Gasteiger partial charge in [-0.25, -0.2) is 0 Å². The second-order valence-corrected chi connectivity index (χ2v) is 7.56. The Morgan fingerprint density at radius 2 is 2.00 bits per heavy atom. The van der Waals surface area contributed by atoms with Gasteiger partial charge in [0.25, 0.3) is 0 Å². The van der Waals surface area contributed by atoms with Gasteiger partial charge in [-0.05, 0) is 0 Å². The normalized spacial score (nSPS) is 27.9. The van der Waals surface area contributed by atoms with Crippen LogP contribution in [0.4, 0.5) is 0 Å². The minimum atomic E-state index is -0.0864. The maximum Gasteiger partial charge on any atom is -1.00 e. The van der Waals surface area contributed by atoms with E-state index in [0.717, 1.165) is 0 Å². The molecule has 0 aromatic heterocycles. The Morgan fingerprint density at radius 1 is 1.29 bits per heavy atom. The van der Waals surface area contributed by atoms with Crippen LogP contribution in [0.5, 0.6) is 0 Å². The molecule has 0 aliphatic heterocycles. The minimum absolute atomic E-state index is 0. The summed E-state index contributed by atoms with van der Waals surface area (Å²) in [6, 6.07) is 0. The van der Waals surface area contributed by atoms with Gasteiger partial charge in [0.1, 0.15) is 0 Å². The molecule has 0 nitrogen and oxygen atoms in total. The first kappa shape index (κ1) is 13.1. The molecule has 0 spiro atoms. The van der Waals surface area contributed by atoms with Gasteiger partial charge in [0.2, 0.25) is 0 Å². The van der Waals surface area contributed by atoms with Crippen molar-refractivity contribution in [1.82, 2.24) is 0 Å². The molecule has 92 valence electrons. The fraction of sp³-hybridized carbons (Fsp3) is 0.500. The van der Waals surface area contributed by atoms with Gasteiger partial charge in [-0.15, -0.1) is 0 Å². The molecule has 0 heterocycles. The molecule has 0 bridgehead atoms. The van der Waals surface area contributed by atoms with Crippen molar-refractivity contribution < 1.29 is 22.0 Å². The van der Waals surface area contributed by atoms with Gasteiger partial charge < -0.3 is 2.85 Å². The molecule has 2 aliphatic rings. The SMILES string of the molecule is CCC1(C)C(C)=C(C)C(C)=[C]1[Ti+2][C]1=CC=CC1.[H-].[H-]. The van der Waals surface area contributed by atoms with Gasteiger partial charge in [-0.1, -0.05) is 0 Å². The maximum absolute atomic E-state index is 2.45. The number of hydrogen-bond donors (Lipinski definition) is 0. The predicted octanol–water partition coefficient (Wildman–Crippen LogP) is 5.18. The molecule has 1 unspecified atom stereocenters. The largest absolute Gasteiger partial charge is 1.00 e. The Morgan fingerprint density at radius 3 is 2.53 bits per heavy atom. The standard InChI is InChI=1S/C11H17.C5H5.Ti.2H/c1-6-11(5)7-8(2)9(3)10(11)4;1-2-4-5-3-1;;;/h6H2,1-5H3;1-3H,4H2;;;/q;;+2;2*-1. The van der Waals surface area contributed by atoms with Crippen LogP contribution in [0.3, 0.4) is 0 Å². The summed E-state index contributed by atoms with van der Waals surface area (Å²) in [5, 5.41) is 0. The summed E-state index contributed by atoms with van der Waals surface area (Å²) in [5.74, 6) is 0. The first-order valence-electron chi connectivity index (χ1n) is 6.53. The van der Waals surface area contributed by atoms with Gasteiger partial charge in [0, 0.05) is 0 Å². The van der Waals surface area contributed by atoms with Crippen LogP contribution >= 0.6 is 0 Å². The van der Waals surface area contributed by atoms with Crippen molar-refractivity contribution in [1.29, 1.82) is 0 Å². The first-order chi connectivity index (χ1) is 8.00. The van der Waals surface area contributed by atoms with Crippen molar-refractivity contribution in [2.24, 2.45) is 5.41 Å². The van der Waals surface area contributed by atoms with Crippen molar-refractivity contribution in [3.63, 3.8) is 0 Å². The third-order valence-corrected chi connectivity index (χ3v) is 7.56. The quantitative estimate of drug-likeness (QED) is 0.616. The van der Waals surface area contributed by atoms with Gasteiger partial charge >= 0.3 is 115 Å². The van der Waals surface area contributed by atoms with E-state index in [9.17, 15) is 0 Å². The second kappa shape index (κ2) is 4.74. The molecule has 0 radical (unpaired) electrons. The molecule has 0 saturated heterocycles. The predicted molar refractivity (Wildman–Crippen MR) is 73.5 cm³/mol. The summed E-state index contributed by atoms with van der Waals surface area (Å²) >= 11 is -0.0864. The maximum atomic E-state index is 2.45. The third-order valence-electron chi connectivity index (χ3n) is 4.64. The molecule has 0 amide bonds. The van der Waals surface area contributed by atoms with Gasteiger partial charge in [0.15, 0.2) is 0 Å². The molecule has 0 aromatic carbocycles. The van der Waals surface area contributed by atoms with E-state index in [1.54, 1.807) is 24.5 Å². The van der Waals surface area contributed by atoms with E-state index in [0.29, 0.717) is 5.41 Å². The van der Waals surface area contributed by atoms with E-state index in [1.807, 2.05) is 0 Å². The topological polar surface area (TPSA) is 0 Å². The van der Waals surface area contributed by atoms with E-state index >= 15 is 0 Å². The smallest absolute Gasteiger partial charge is 1.00 e. The number of rotatable bonds is 3. The zero-order valence-electron chi connectivity index (χ0n) is 13.6. The monoisotopic (exact) mass is 264 g/mol. The van der Waals surface area contributed by atoms with Crippen LogP contribution in [0, 0.1) is 5.41 Å². The van der Waals surface area contributed by atoms with Crippen molar-refractivity contribution >= 4 is 0 Å². The number of allylic oxidation sites excluding steroid dienone is 8. The van der Waals surface area contributed by atoms with Crippen LogP contribution < -0.4 is 0 Å². The summed E-state index contributed by atoms with van der Waals surface area (Å²) in [7, 11) is 0. The van der Waals surface area contributed by atoms with Crippen molar-refractivity contribution in [2.45, 2.75) is 47.5 Å². The molecule has 0 fully saturated rings. The minimum Gasteiger partial charge on any atom is -1.00 e. The van der Waals surface area contributed by atoms with Gasteiger partial charge in [-0.3, -0.25) is 0 Å². The van der Waals surface area contributed by atoms with Gasteiger partial charge in [-0.2, -0.15) is 0 Å². The zero-order chi connectivity index (χ0) is 12.6.